The minimum atomic E-state index is -0.856. The smallest absolute Gasteiger partial charge is 0.127 e. The Hall–Kier alpha value is -1.38. The summed E-state index contributed by atoms with van der Waals surface area (Å²) in [5.41, 5.74) is 3.00. The molecule has 2 aromatic carbocycles. The highest BCUT2D eigenvalue weighted by atomic mass is 35.5. The normalized spacial score (nSPS) is 13.3. The lowest BCUT2D eigenvalue weighted by Crippen LogP contribution is -2.11. The van der Waals surface area contributed by atoms with Crippen LogP contribution in [0.2, 0.25) is 5.02 Å². The molecule has 0 heterocycles. The lowest BCUT2D eigenvalue weighted by molar-refractivity contribution is 0.220. The van der Waals surface area contributed by atoms with Crippen LogP contribution in [0.15, 0.2) is 36.4 Å². The highest BCUT2D eigenvalue weighted by molar-refractivity contribution is 6.31. The van der Waals surface area contributed by atoms with Gasteiger partial charge in [0.25, 0.3) is 0 Å². The van der Waals surface area contributed by atoms with Gasteiger partial charge in [-0.05, 0) is 41.2 Å². The molecule has 2 rings (SSSR count). The molecule has 1 unspecified atom stereocenters. The lowest BCUT2D eigenvalue weighted by Gasteiger charge is -2.20. The standard InChI is InChI=1S/C18H20ClFO/c1-11-9-14(15(19)10-16(11)20)17(21)12-5-7-13(8-6-12)18(2,3)4/h5-10,17,21H,1-4H3. The molecule has 0 fully saturated rings. The summed E-state index contributed by atoms with van der Waals surface area (Å²) in [5, 5.41) is 10.7. The molecular weight excluding hydrogens is 287 g/mol. The van der Waals surface area contributed by atoms with Crippen LogP contribution in [0.25, 0.3) is 0 Å². The zero-order valence-electron chi connectivity index (χ0n) is 12.7. The third kappa shape index (κ3) is 3.45. The largest absolute Gasteiger partial charge is 0.384 e. The van der Waals surface area contributed by atoms with E-state index in [-0.39, 0.29) is 16.3 Å². The van der Waals surface area contributed by atoms with E-state index in [1.54, 1.807) is 13.0 Å². The third-order valence-electron chi connectivity index (χ3n) is 3.66. The first-order valence-corrected chi connectivity index (χ1v) is 7.32. The first-order valence-electron chi connectivity index (χ1n) is 6.94. The molecule has 0 radical (unpaired) electrons. The van der Waals surface area contributed by atoms with Crippen LogP contribution in [-0.2, 0) is 5.41 Å². The van der Waals surface area contributed by atoms with Crippen molar-refractivity contribution in [3.05, 3.63) is 69.5 Å². The number of hydrogen-bond donors (Lipinski definition) is 1. The zero-order valence-corrected chi connectivity index (χ0v) is 13.5. The van der Waals surface area contributed by atoms with Gasteiger partial charge in [0.1, 0.15) is 11.9 Å². The molecule has 0 aliphatic carbocycles. The number of hydrogen-bond acceptors (Lipinski definition) is 1. The maximum Gasteiger partial charge on any atom is 0.127 e. The van der Waals surface area contributed by atoms with E-state index in [1.807, 2.05) is 24.3 Å². The van der Waals surface area contributed by atoms with Gasteiger partial charge in [0.05, 0.1) is 0 Å². The summed E-state index contributed by atoms with van der Waals surface area (Å²) in [4.78, 5) is 0. The first-order chi connectivity index (χ1) is 9.70. The van der Waals surface area contributed by atoms with Crippen molar-refractivity contribution in [2.24, 2.45) is 0 Å². The van der Waals surface area contributed by atoms with Gasteiger partial charge in [-0.25, -0.2) is 4.39 Å². The minimum Gasteiger partial charge on any atom is -0.384 e. The molecule has 0 spiro atoms. The number of aliphatic hydroxyl groups excluding tert-OH is 1. The molecular formula is C18H20ClFO. The molecule has 0 aromatic heterocycles. The summed E-state index contributed by atoms with van der Waals surface area (Å²) >= 11 is 6.05. The molecule has 2 aromatic rings. The van der Waals surface area contributed by atoms with E-state index in [1.165, 1.54) is 11.6 Å². The van der Waals surface area contributed by atoms with E-state index in [4.69, 9.17) is 11.6 Å². The van der Waals surface area contributed by atoms with Crippen molar-refractivity contribution in [2.45, 2.75) is 39.2 Å². The van der Waals surface area contributed by atoms with Crippen molar-refractivity contribution in [2.75, 3.05) is 0 Å². The third-order valence-corrected chi connectivity index (χ3v) is 3.99. The van der Waals surface area contributed by atoms with Gasteiger partial charge in [-0.3, -0.25) is 0 Å². The molecule has 0 bridgehead atoms. The predicted molar refractivity (Wildman–Crippen MR) is 85.4 cm³/mol. The Labute approximate surface area is 130 Å². The lowest BCUT2D eigenvalue weighted by atomic mass is 9.86. The summed E-state index contributed by atoms with van der Waals surface area (Å²) in [5.74, 6) is -0.362. The van der Waals surface area contributed by atoms with E-state index in [9.17, 15) is 9.50 Å². The average Bonchev–Trinajstić information content (AvgIpc) is 2.41. The number of aryl methyl sites for hydroxylation is 1. The van der Waals surface area contributed by atoms with Crippen LogP contribution in [0.3, 0.4) is 0 Å². The fourth-order valence-electron chi connectivity index (χ4n) is 2.23. The predicted octanol–water partition coefficient (Wildman–Crippen LogP) is 5.17. The van der Waals surface area contributed by atoms with Crippen molar-refractivity contribution in [3.63, 3.8) is 0 Å². The molecule has 21 heavy (non-hydrogen) atoms. The van der Waals surface area contributed by atoms with Crippen molar-refractivity contribution < 1.29 is 9.50 Å². The van der Waals surface area contributed by atoms with Gasteiger partial charge in [0, 0.05) is 10.6 Å². The van der Waals surface area contributed by atoms with Crippen LogP contribution in [0.5, 0.6) is 0 Å². The minimum absolute atomic E-state index is 0.0631. The van der Waals surface area contributed by atoms with E-state index in [0.717, 1.165) is 5.56 Å². The topological polar surface area (TPSA) is 20.2 Å². The Bertz CT molecular complexity index is 642. The van der Waals surface area contributed by atoms with Crippen LogP contribution in [0, 0.1) is 12.7 Å². The Morgan fingerprint density at radius 1 is 1.10 bits per heavy atom. The number of benzene rings is 2. The highest BCUT2D eigenvalue weighted by Gasteiger charge is 2.18. The fourth-order valence-corrected chi connectivity index (χ4v) is 2.49. The number of aliphatic hydroxyl groups is 1. The quantitative estimate of drug-likeness (QED) is 0.812. The van der Waals surface area contributed by atoms with Crippen molar-refractivity contribution >= 4 is 11.6 Å². The van der Waals surface area contributed by atoms with Crippen LogP contribution in [0.1, 0.15) is 49.1 Å². The Kier molecular flexibility index (Phi) is 4.40. The zero-order chi connectivity index (χ0) is 15.8. The van der Waals surface area contributed by atoms with E-state index in [0.29, 0.717) is 11.1 Å². The summed E-state index contributed by atoms with van der Waals surface area (Å²) < 4.78 is 13.4. The summed E-state index contributed by atoms with van der Waals surface area (Å²) in [6.07, 6.45) is -0.856. The van der Waals surface area contributed by atoms with Crippen LogP contribution in [-0.4, -0.2) is 5.11 Å². The summed E-state index contributed by atoms with van der Waals surface area (Å²) in [7, 11) is 0. The van der Waals surface area contributed by atoms with E-state index >= 15 is 0 Å². The Balaban J connectivity index is 2.36. The highest BCUT2D eigenvalue weighted by Crippen LogP contribution is 2.31. The van der Waals surface area contributed by atoms with Gasteiger partial charge in [0.2, 0.25) is 0 Å². The second-order valence-electron chi connectivity index (χ2n) is 6.40. The number of rotatable bonds is 2. The fraction of sp³-hybridized carbons (Fsp3) is 0.333. The van der Waals surface area contributed by atoms with Gasteiger partial charge in [-0.15, -0.1) is 0 Å². The van der Waals surface area contributed by atoms with Gasteiger partial charge >= 0.3 is 0 Å². The Morgan fingerprint density at radius 2 is 1.67 bits per heavy atom. The molecule has 3 heteroatoms. The molecule has 112 valence electrons. The van der Waals surface area contributed by atoms with Crippen molar-refractivity contribution in [3.8, 4) is 0 Å². The second-order valence-corrected chi connectivity index (χ2v) is 6.80. The molecule has 1 N–H and O–H groups in total. The molecule has 0 aliphatic heterocycles. The first kappa shape index (κ1) is 16.0. The Morgan fingerprint density at radius 3 is 2.19 bits per heavy atom. The maximum atomic E-state index is 13.4. The molecule has 0 amide bonds. The average molecular weight is 307 g/mol. The van der Waals surface area contributed by atoms with Crippen LogP contribution in [0.4, 0.5) is 4.39 Å². The van der Waals surface area contributed by atoms with Gasteiger partial charge in [0.15, 0.2) is 0 Å². The van der Waals surface area contributed by atoms with Gasteiger partial charge < -0.3 is 5.11 Å². The van der Waals surface area contributed by atoms with Crippen molar-refractivity contribution in [1.82, 2.24) is 0 Å². The molecule has 1 atom stereocenters. The molecule has 0 saturated heterocycles. The second kappa shape index (κ2) is 5.78. The van der Waals surface area contributed by atoms with Crippen LogP contribution < -0.4 is 0 Å². The summed E-state index contributed by atoms with van der Waals surface area (Å²) in [6, 6.07) is 10.6. The molecule has 0 aliphatic rings. The molecule has 1 nitrogen and oxygen atoms in total. The van der Waals surface area contributed by atoms with Crippen LogP contribution >= 0.6 is 11.6 Å². The number of halogens is 2. The monoisotopic (exact) mass is 306 g/mol. The van der Waals surface area contributed by atoms with Gasteiger partial charge in [-0.1, -0.05) is 56.6 Å². The van der Waals surface area contributed by atoms with Crippen molar-refractivity contribution in [1.29, 1.82) is 0 Å². The molecule has 0 saturated carbocycles. The SMILES string of the molecule is Cc1cc(C(O)c2ccc(C(C)(C)C)cc2)c(Cl)cc1F. The maximum absolute atomic E-state index is 13.4. The van der Waals surface area contributed by atoms with E-state index in [2.05, 4.69) is 20.8 Å². The summed E-state index contributed by atoms with van der Waals surface area (Å²) in [6.45, 7) is 8.07. The van der Waals surface area contributed by atoms with Gasteiger partial charge in [-0.2, -0.15) is 0 Å². The van der Waals surface area contributed by atoms with E-state index < -0.39 is 6.10 Å².